The Morgan fingerprint density at radius 3 is 2.57 bits per heavy atom. The maximum atomic E-state index is 12.2. The van der Waals surface area contributed by atoms with Gasteiger partial charge in [0.1, 0.15) is 11.9 Å². The highest BCUT2D eigenvalue weighted by Gasteiger charge is 2.27. The second-order valence-corrected chi connectivity index (χ2v) is 8.35. The zero-order chi connectivity index (χ0) is 21.7. The quantitative estimate of drug-likeness (QED) is 0.773. The van der Waals surface area contributed by atoms with E-state index in [1.807, 2.05) is 32.9 Å². The number of carbonyl (C=O) groups is 2. The van der Waals surface area contributed by atoms with Crippen molar-refractivity contribution >= 4 is 17.7 Å². The number of likely N-dealkylation sites (tertiary alicyclic amines) is 1. The van der Waals surface area contributed by atoms with Crippen LogP contribution in [0.25, 0.3) is 0 Å². The Morgan fingerprint density at radius 1 is 1.23 bits per heavy atom. The van der Waals surface area contributed by atoms with Gasteiger partial charge in [0.15, 0.2) is 0 Å². The number of amides is 2. The van der Waals surface area contributed by atoms with Crippen LogP contribution in [0.15, 0.2) is 30.9 Å². The molecule has 0 radical (unpaired) electrons. The van der Waals surface area contributed by atoms with E-state index in [1.54, 1.807) is 11.1 Å². The molecule has 30 heavy (non-hydrogen) atoms. The second kappa shape index (κ2) is 9.06. The summed E-state index contributed by atoms with van der Waals surface area (Å²) in [4.78, 5) is 38.3. The maximum absolute atomic E-state index is 12.2. The lowest BCUT2D eigenvalue weighted by Crippen LogP contribution is -2.44. The van der Waals surface area contributed by atoms with Crippen LogP contribution in [0, 0.1) is 0 Å². The van der Waals surface area contributed by atoms with Gasteiger partial charge in [0.25, 0.3) is 5.91 Å². The predicted molar refractivity (Wildman–Crippen MR) is 112 cm³/mol. The Balaban J connectivity index is 1.66. The second-order valence-electron chi connectivity index (χ2n) is 8.35. The van der Waals surface area contributed by atoms with E-state index in [-0.39, 0.29) is 12.1 Å². The van der Waals surface area contributed by atoms with Gasteiger partial charge in [-0.3, -0.25) is 9.78 Å². The number of ether oxygens (including phenoxy) is 1. The number of hydrogen-bond donors (Lipinski definition) is 2. The molecule has 1 fully saturated rings. The minimum atomic E-state index is -0.537. The Kier molecular flexibility index (Phi) is 6.49. The molecule has 0 spiro atoms. The number of rotatable bonds is 5. The molecule has 1 saturated heterocycles. The van der Waals surface area contributed by atoms with E-state index in [0.29, 0.717) is 30.8 Å². The minimum Gasteiger partial charge on any atom is -0.444 e. The van der Waals surface area contributed by atoms with Crippen molar-refractivity contribution in [2.45, 2.75) is 51.7 Å². The van der Waals surface area contributed by atoms with Crippen LogP contribution < -0.4 is 11.1 Å². The molecule has 0 bridgehead atoms. The third kappa shape index (κ3) is 5.88. The van der Waals surface area contributed by atoms with Gasteiger partial charge in [0.2, 0.25) is 0 Å². The summed E-state index contributed by atoms with van der Waals surface area (Å²) < 4.78 is 5.44. The highest BCUT2D eigenvalue weighted by atomic mass is 16.6. The molecule has 160 valence electrons. The van der Waals surface area contributed by atoms with Crippen molar-refractivity contribution in [3.63, 3.8) is 0 Å². The monoisotopic (exact) mass is 412 g/mol. The average Bonchev–Trinajstić information content (AvgIpc) is 2.68. The van der Waals surface area contributed by atoms with Crippen molar-refractivity contribution in [1.29, 1.82) is 0 Å². The van der Waals surface area contributed by atoms with E-state index in [0.717, 1.165) is 24.2 Å². The van der Waals surface area contributed by atoms with E-state index < -0.39 is 11.5 Å². The van der Waals surface area contributed by atoms with Crippen molar-refractivity contribution in [2.75, 3.05) is 18.4 Å². The molecule has 2 amide bonds. The lowest BCUT2D eigenvalue weighted by atomic mass is 10.0. The average molecular weight is 412 g/mol. The molecule has 0 unspecified atom stereocenters. The molecular formula is C21H28N6O3. The van der Waals surface area contributed by atoms with Crippen LogP contribution in [-0.4, -0.2) is 56.6 Å². The highest BCUT2D eigenvalue weighted by Crippen LogP contribution is 2.22. The van der Waals surface area contributed by atoms with Crippen LogP contribution in [0.2, 0.25) is 0 Å². The minimum absolute atomic E-state index is 0.107. The normalized spacial score (nSPS) is 15.0. The van der Waals surface area contributed by atoms with Gasteiger partial charge in [-0.15, -0.1) is 0 Å². The number of hydrogen-bond acceptors (Lipinski definition) is 7. The number of nitrogens with zero attached hydrogens (tertiary/aromatic N) is 4. The first-order chi connectivity index (χ1) is 14.2. The summed E-state index contributed by atoms with van der Waals surface area (Å²) >= 11 is 0. The molecule has 0 aliphatic carbocycles. The number of aromatic nitrogens is 3. The maximum Gasteiger partial charge on any atom is 0.410 e. The van der Waals surface area contributed by atoms with Gasteiger partial charge in [-0.1, -0.05) is 0 Å². The molecule has 2 aromatic heterocycles. The van der Waals surface area contributed by atoms with E-state index in [1.165, 1.54) is 12.5 Å². The zero-order valence-electron chi connectivity index (χ0n) is 17.6. The third-order valence-electron chi connectivity index (χ3n) is 4.74. The molecule has 3 N–H and O–H groups in total. The number of nitrogens with one attached hydrogen (secondary N) is 1. The molecule has 1 aliphatic rings. The molecule has 3 rings (SSSR count). The van der Waals surface area contributed by atoms with E-state index in [2.05, 4.69) is 20.3 Å². The van der Waals surface area contributed by atoms with Gasteiger partial charge in [-0.2, -0.15) is 0 Å². The Labute approximate surface area is 176 Å². The predicted octanol–water partition coefficient (Wildman–Crippen LogP) is 2.37. The summed E-state index contributed by atoms with van der Waals surface area (Å²) in [6.45, 7) is 6.72. The van der Waals surface area contributed by atoms with Crippen LogP contribution >= 0.6 is 0 Å². The van der Waals surface area contributed by atoms with Gasteiger partial charge in [-0.25, -0.2) is 14.8 Å². The summed E-state index contributed by atoms with van der Waals surface area (Å²) in [5.74, 6) is -0.537. The number of nitrogens with two attached hydrogens (primary N) is 1. The van der Waals surface area contributed by atoms with Gasteiger partial charge in [-0.05, 0) is 45.7 Å². The van der Waals surface area contributed by atoms with Crippen LogP contribution in [-0.2, 0) is 11.2 Å². The first-order valence-electron chi connectivity index (χ1n) is 9.99. The highest BCUT2D eigenvalue weighted by molar-refractivity contribution is 5.98. The summed E-state index contributed by atoms with van der Waals surface area (Å²) in [5, 5.41) is 3.41. The van der Waals surface area contributed by atoms with Crippen LogP contribution in [0.4, 0.5) is 10.5 Å². The van der Waals surface area contributed by atoms with Crippen molar-refractivity contribution in [2.24, 2.45) is 5.73 Å². The summed E-state index contributed by atoms with van der Waals surface area (Å²) in [6.07, 6.45) is 6.37. The fraction of sp³-hybridized carbons (Fsp3) is 0.476. The lowest BCUT2D eigenvalue weighted by Gasteiger charge is -2.34. The first kappa shape index (κ1) is 21.5. The lowest BCUT2D eigenvalue weighted by molar-refractivity contribution is 0.0210. The van der Waals surface area contributed by atoms with E-state index >= 15 is 0 Å². The number of primary amides is 1. The van der Waals surface area contributed by atoms with Gasteiger partial charge in [0, 0.05) is 49.3 Å². The van der Waals surface area contributed by atoms with Crippen molar-refractivity contribution in [3.05, 3.63) is 47.8 Å². The molecule has 0 atom stereocenters. The summed E-state index contributed by atoms with van der Waals surface area (Å²) in [6, 6.07) is 3.77. The summed E-state index contributed by atoms with van der Waals surface area (Å²) in [5.41, 5.74) is 7.62. The molecule has 1 aliphatic heterocycles. The molecule has 9 heteroatoms. The molecule has 9 nitrogen and oxygen atoms in total. The molecule has 0 aromatic carbocycles. The summed E-state index contributed by atoms with van der Waals surface area (Å²) in [7, 11) is 0. The van der Waals surface area contributed by atoms with Crippen molar-refractivity contribution in [1.82, 2.24) is 19.9 Å². The number of pyridine rings is 1. The molecule has 0 saturated carbocycles. The fourth-order valence-corrected chi connectivity index (χ4v) is 3.27. The van der Waals surface area contributed by atoms with Crippen LogP contribution in [0.1, 0.15) is 55.4 Å². The van der Waals surface area contributed by atoms with Gasteiger partial charge < -0.3 is 20.7 Å². The Morgan fingerprint density at radius 2 is 1.97 bits per heavy atom. The largest absolute Gasteiger partial charge is 0.444 e. The zero-order valence-corrected chi connectivity index (χ0v) is 17.6. The standard InChI is InChI=1S/C21H28N6O3/c1-21(2,3)30-20(29)27-8-5-14(6-9-27)26-18-11-16(24-12-17(18)19(22)28)10-15-4-7-23-13-25-15/h4,7,11-14H,5-6,8-10H2,1-3H3,(H2,22,28)(H,24,26). The number of piperidine rings is 1. The number of anilines is 1. The van der Waals surface area contributed by atoms with Crippen molar-refractivity contribution in [3.8, 4) is 0 Å². The number of carbonyl (C=O) groups excluding carboxylic acids is 2. The smallest absolute Gasteiger partial charge is 0.410 e. The Hall–Kier alpha value is -3.23. The fourth-order valence-electron chi connectivity index (χ4n) is 3.27. The van der Waals surface area contributed by atoms with Crippen molar-refractivity contribution < 1.29 is 14.3 Å². The first-order valence-corrected chi connectivity index (χ1v) is 9.99. The van der Waals surface area contributed by atoms with Crippen LogP contribution in [0.3, 0.4) is 0 Å². The van der Waals surface area contributed by atoms with E-state index in [9.17, 15) is 9.59 Å². The van der Waals surface area contributed by atoms with Crippen LogP contribution in [0.5, 0.6) is 0 Å². The third-order valence-corrected chi connectivity index (χ3v) is 4.74. The molecular weight excluding hydrogens is 384 g/mol. The topological polar surface area (TPSA) is 123 Å². The Bertz CT molecular complexity index is 889. The molecule has 3 heterocycles. The SMILES string of the molecule is CC(C)(C)OC(=O)N1CCC(Nc2cc(Cc3ccncn3)ncc2C(N)=O)CC1. The van der Waals surface area contributed by atoms with E-state index in [4.69, 9.17) is 10.5 Å². The van der Waals surface area contributed by atoms with Gasteiger partial charge in [0.05, 0.1) is 11.3 Å². The van der Waals surface area contributed by atoms with Gasteiger partial charge >= 0.3 is 6.09 Å². The molecule has 2 aromatic rings.